The van der Waals surface area contributed by atoms with Crippen LogP contribution in [0.3, 0.4) is 0 Å². The molecule has 3 heteroatoms. The molecule has 2 fully saturated rings. The van der Waals surface area contributed by atoms with E-state index in [-0.39, 0.29) is 0 Å². The predicted octanol–water partition coefficient (Wildman–Crippen LogP) is 1.19. The molecule has 2 aliphatic heterocycles. The average Bonchev–Trinajstić information content (AvgIpc) is 2.30. The van der Waals surface area contributed by atoms with Crippen LogP contribution in [0.5, 0.6) is 0 Å². The highest BCUT2D eigenvalue weighted by atomic mass is 16.5. The average molecular weight is 212 g/mol. The molecule has 15 heavy (non-hydrogen) atoms. The summed E-state index contributed by atoms with van der Waals surface area (Å²) in [6, 6.07) is 1.49. The van der Waals surface area contributed by atoms with Gasteiger partial charge in [-0.05, 0) is 33.2 Å². The van der Waals surface area contributed by atoms with Crippen molar-refractivity contribution in [2.45, 2.75) is 38.8 Å². The molecule has 0 unspecified atom stereocenters. The van der Waals surface area contributed by atoms with Gasteiger partial charge in [-0.25, -0.2) is 0 Å². The van der Waals surface area contributed by atoms with Crippen molar-refractivity contribution >= 4 is 0 Å². The molecule has 0 aromatic carbocycles. The smallest absolute Gasteiger partial charge is 0.0594 e. The Balaban J connectivity index is 1.85. The Hall–Kier alpha value is -0.120. The van der Waals surface area contributed by atoms with Crippen LogP contribution in [-0.4, -0.2) is 61.3 Å². The lowest BCUT2D eigenvalue weighted by Crippen LogP contribution is -2.52. The third-order valence-corrected chi connectivity index (χ3v) is 3.72. The number of rotatable bonds is 2. The van der Waals surface area contributed by atoms with Crippen LogP contribution < -0.4 is 0 Å². The fraction of sp³-hybridized carbons (Fsp3) is 1.00. The summed E-state index contributed by atoms with van der Waals surface area (Å²) in [7, 11) is 0. The van der Waals surface area contributed by atoms with Crippen LogP contribution in [0.4, 0.5) is 0 Å². The zero-order valence-corrected chi connectivity index (χ0v) is 10.1. The second-order valence-corrected chi connectivity index (χ2v) is 5.03. The van der Waals surface area contributed by atoms with Gasteiger partial charge in [0.1, 0.15) is 0 Å². The van der Waals surface area contributed by atoms with Crippen LogP contribution in [0.2, 0.25) is 0 Å². The van der Waals surface area contributed by atoms with Gasteiger partial charge in [-0.1, -0.05) is 0 Å². The van der Waals surface area contributed by atoms with Crippen molar-refractivity contribution in [3.8, 4) is 0 Å². The number of hydrogen-bond donors (Lipinski definition) is 0. The lowest BCUT2D eigenvalue weighted by Gasteiger charge is -2.42. The van der Waals surface area contributed by atoms with E-state index in [4.69, 9.17) is 4.74 Å². The van der Waals surface area contributed by atoms with Gasteiger partial charge < -0.3 is 4.74 Å². The van der Waals surface area contributed by atoms with Crippen molar-refractivity contribution in [3.63, 3.8) is 0 Å². The first kappa shape index (κ1) is 11.4. The Bertz CT molecular complexity index is 190. The zero-order valence-electron chi connectivity index (χ0n) is 10.1. The van der Waals surface area contributed by atoms with Crippen molar-refractivity contribution in [1.29, 1.82) is 0 Å². The first-order valence-corrected chi connectivity index (χ1v) is 6.33. The maximum absolute atomic E-state index is 5.41. The molecule has 0 spiro atoms. The van der Waals surface area contributed by atoms with Crippen molar-refractivity contribution in [1.82, 2.24) is 9.80 Å². The van der Waals surface area contributed by atoms with Gasteiger partial charge in [0.15, 0.2) is 0 Å². The van der Waals surface area contributed by atoms with Gasteiger partial charge in [0, 0.05) is 31.7 Å². The number of nitrogens with zero attached hydrogens (tertiary/aromatic N) is 2. The molecule has 2 heterocycles. The summed E-state index contributed by atoms with van der Waals surface area (Å²) < 4.78 is 5.41. The Kier molecular flexibility index (Phi) is 4.00. The van der Waals surface area contributed by atoms with Gasteiger partial charge >= 0.3 is 0 Å². The molecule has 0 N–H and O–H groups in total. The highest BCUT2D eigenvalue weighted by Gasteiger charge is 2.27. The van der Waals surface area contributed by atoms with Crippen molar-refractivity contribution in [2.24, 2.45) is 0 Å². The molecular formula is C12H24N2O. The maximum Gasteiger partial charge on any atom is 0.0594 e. The quantitative estimate of drug-likeness (QED) is 0.684. The zero-order chi connectivity index (χ0) is 10.7. The lowest BCUT2D eigenvalue weighted by molar-refractivity contribution is -0.00644. The normalized spacial score (nSPS) is 31.0. The first-order chi connectivity index (χ1) is 7.27. The van der Waals surface area contributed by atoms with Gasteiger partial charge in [0.05, 0.1) is 13.2 Å². The van der Waals surface area contributed by atoms with Crippen LogP contribution >= 0.6 is 0 Å². The van der Waals surface area contributed by atoms with E-state index in [0.717, 1.165) is 32.3 Å². The molecule has 0 amide bonds. The maximum atomic E-state index is 5.41. The van der Waals surface area contributed by atoms with Gasteiger partial charge in [0.2, 0.25) is 0 Å². The molecule has 0 saturated carbocycles. The molecule has 2 rings (SSSR count). The topological polar surface area (TPSA) is 15.7 Å². The van der Waals surface area contributed by atoms with E-state index in [1.54, 1.807) is 0 Å². The van der Waals surface area contributed by atoms with E-state index in [1.165, 1.54) is 25.9 Å². The molecule has 0 radical (unpaired) electrons. The van der Waals surface area contributed by atoms with Crippen LogP contribution in [0.15, 0.2) is 0 Å². The predicted molar refractivity (Wildman–Crippen MR) is 62.1 cm³/mol. The molecule has 0 aromatic rings. The molecule has 2 saturated heterocycles. The fourth-order valence-corrected chi connectivity index (χ4v) is 2.69. The number of morpholine rings is 1. The minimum Gasteiger partial charge on any atom is -0.379 e. The van der Waals surface area contributed by atoms with Crippen LogP contribution in [0.25, 0.3) is 0 Å². The molecular weight excluding hydrogens is 188 g/mol. The van der Waals surface area contributed by atoms with E-state index in [2.05, 4.69) is 23.6 Å². The van der Waals surface area contributed by atoms with Gasteiger partial charge in [0.25, 0.3) is 0 Å². The molecule has 3 nitrogen and oxygen atoms in total. The summed E-state index contributed by atoms with van der Waals surface area (Å²) in [5.41, 5.74) is 0. The SMILES string of the molecule is CC(C)N1CCC[C@H](N2CCOCC2)C1. The summed E-state index contributed by atoms with van der Waals surface area (Å²) in [4.78, 5) is 5.24. The molecule has 88 valence electrons. The second-order valence-electron chi connectivity index (χ2n) is 5.03. The largest absolute Gasteiger partial charge is 0.379 e. The van der Waals surface area contributed by atoms with E-state index in [1.807, 2.05) is 0 Å². The third kappa shape index (κ3) is 2.92. The highest BCUT2D eigenvalue weighted by Crippen LogP contribution is 2.18. The minimum absolute atomic E-state index is 0.703. The van der Waals surface area contributed by atoms with Crippen LogP contribution in [0, 0.1) is 0 Å². The number of ether oxygens (including phenoxy) is 1. The monoisotopic (exact) mass is 212 g/mol. The van der Waals surface area contributed by atoms with Gasteiger partial charge in [-0.3, -0.25) is 9.80 Å². The van der Waals surface area contributed by atoms with Gasteiger partial charge in [-0.15, -0.1) is 0 Å². The lowest BCUT2D eigenvalue weighted by atomic mass is 10.0. The van der Waals surface area contributed by atoms with Crippen molar-refractivity contribution in [2.75, 3.05) is 39.4 Å². The van der Waals surface area contributed by atoms with Crippen LogP contribution in [0.1, 0.15) is 26.7 Å². The van der Waals surface area contributed by atoms with Crippen molar-refractivity contribution < 1.29 is 4.74 Å². The number of likely N-dealkylation sites (tertiary alicyclic amines) is 1. The minimum atomic E-state index is 0.703. The molecule has 0 bridgehead atoms. The fourth-order valence-electron chi connectivity index (χ4n) is 2.69. The second kappa shape index (κ2) is 5.28. The van der Waals surface area contributed by atoms with Crippen molar-refractivity contribution in [3.05, 3.63) is 0 Å². The van der Waals surface area contributed by atoms with E-state index in [0.29, 0.717) is 6.04 Å². The van der Waals surface area contributed by atoms with E-state index >= 15 is 0 Å². The Labute approximate surface area is 93.4 Å². The summed E-state index contributed by atoms with van der Waals surface area (Å²) in [6.07, 6.45) is 2.74. The van der Waals surface area contributed by atoms with E-state index < -0.39 is 0 Å². The molecule has 0 aliphatic carbocycles. The summed E-state index contributed by atoms with van der Waals surface area (Å²) >= 11 is 0. The van der Waals surface area contributed by atoms with Crippen LogP contribution in [-0.2, 0) is 4.74 Å². The first-order valence-electron chi connectivity index (χ1n) is 6.33. The summed E-state index contributed by atoms with van der Waals surface area (Å²) in [5, 5.41) is 0. The van der Waals surface area contributed by atoms with E-state index in [9.17, 15) is 0 Å². The molecule has 1 atom stereocenters. The molecule has 0 aromatic heterocycles. The molecule has 2 aliphatic rings. The third-order valence-electron chi connectivity index (χ3n) is 3.72. The highest BCUT2D eigenvalue weighted by molar-refractivity contribution is 4.83. The Morgan fingerprint density at radius 2 is 1.87 bits per heavy atom. The summed E-state index contributed by atoms with van der Waals surface area (Å²) in [5.74, 6) is 0. The van der Waals surface area contributed by atoms with Gasteiger partial charge in [-0.2, -0.15) is 0 Å². The summed E-state index contributed by atoms with van der Waals surface area (Å²) in [6.45, 7) is 11.3. The number of piperidine rings is 1. The number of hydrogen-bond acceptors (Lipinski definition) is 3. The Morgan fingerprint density at radius 3 is 2.53 bits per heavy atom. The Morgan fingerprint density at radius 1 is 1.13 bits per heavy atom. The standard InChI is InChI=1S/C12H24N2O/c1-11(2)14-5-3-4-12(10-14)13-6-8-15-9-7-13/h11-12H,3-10H2,1-2H3/t12-/m0/s1.